The first-order valence-electron chi connectivity index (χ1n) is 4.81. The lowest BCUT2D eigenvalue weighted by atomic mass is 10.2. The van der Waals surface area contributed by atoms with Crippen molar-refractivity contribution in [3.05, 3.63) is 52.1 Å². The van der Waals surface area contributed by atoms with Crippen molar-refractivity contribution in [3.63, 3.8) is 0 Å². The topological polar surface area (TPSA) is 84.7 Å². The maximum absolute atomic E-state index is 10.7. The van der Waals surface area contributed by atoms with E-state index in [0.717, 1.165) is 5.69 Å². The van der Waals surface area contributed by atoms with Crippen LogP contribution in [0.15, 0.2) is 30.7 Å². The molecule has 1 aromatic carbocycles. The molecule has 0 aliphatic heterocycles. The highest BCUT2D eigenvalue weighted by molar-refractivity contribution is 5.54. The maximum atomic E-state index is 10.7. The largest absolute Gasteiger partial charge is 0.306 e. The minimum Gasteiger partial charge on any atom is -0.306 e. The summed E-state index contributed by atoms with van der Waals surface area (Å²) in [6, 6.07) is 6.20. The summed E-state index contributed by atoms with van der Waals surface area (Å²) in [6.07, 6.45) is 3.37. The number of imidazole rings is 1. The van der Waals surface area contributed by atoms with E-state index in [4.69, 9.17) is 5.26 Å². The van der Waals surface area contributed by atoms with Crippen molar-refractivity contribution < 1.29 is 4.92 Å². The van der Waals surface area contributed by atoms with E-state index < -0.39 is 4.92 Å². The minimum absolute atomic E-state index is 0.0406. The van der Waals surface area contributed by atoms with Gasteiger partial charge in [0.2, 0.25) is 0 Å². The number of aryl methyl sites for hydroxylation is 1. The molecule has 6 nitrogen and oxygen atoms in total. The van der Waals surface area contributed by atoms with E-state index in [9.17, 15) is 10.1 Å². The third-order valence-electron chi connectivity index (χ3n) is 2.31. The highest BCUT2D eigenvalue weighted by atomic mass is 16.6. The van der Waals surface area contributed by atoms with Gasteiger partial charge in [0.1, 0.15) is 11.6 Å². The predicted octanol–water partition coefficient (Wildman–Crippen LogP) is 1.96. The second kappa shape index (κ2) is 4.06. The van der Waals surface area contributed by atoms with Gasteiger partial charge in [0.15, 0.2) is 0 Å². The zero-order valence-electron chi connectivity index (χ0n) is 8.99. The molecule has 0 amide bonds. The van der Waals surface area contributed by atoms with E-state index in [1.165, 1.54) is 12.1 Å². The number of rotatable bonds is 2. The van der Waals surface area contributed by atoms with E-state index >= 15 is 0 Å². The lowest BCUT2D eigenvalue weighted by Gasteiger charge is -2.02. The van der Waals surface area contributed by atoms with Gasteiger partial charge in [-0.15, -0.1) is 0 Å². The van der Waals surface area contributed by atoms with Gasteiger partial charge >= 0.3 is 0 Å². The molecule has 0 bridgehead atoms. The van der Waals surface area contributed by atoms with Crippen LogP contribution in [-0.4, -0.2) is 14.5 Å². The molecule has 2 aromatic rings. The lowest BCUT2D eigenvalue weighted by molar-refractivity contribution is -0.385. The monoisotopic (exact) mass is 228 g/mol. The number of aromatic nitrogens is 2. The first kappa shape index (κ1) is 10.8. The smallest absolute Gasteiger partial charge is 0.287 e. The normalized spacial score (nSPS) is 9.88. The van der Waals surface area contributed by atoms with Crippen molar-refractivity contribution in [1.29, 1.82) is 5.26 Å². The molecule has 0 fully saturated rings. The fraction of sp³-hybridized carbons (Fsp3) is 0.0909. The molecule has 0 N–H and O–H groups in total. The van der Waals surface area contributed by atoms with Gasteiger partial charge in [-0.2, -0.15) is 5.26 Å². The molecule has 1 heterocycles. The SMILES string of the molecule is Cc1cn(-c2ccc([N+](=O)[O-])c(C#N)c2)cn1. The molecule has 2 rings (SSSR count). The summed E-state index contributed by atoms with van der Waals surface area (Å²) in [5.41, 5.74) is 1.36. The van der Waals surface area contributed by atoms with Crippen LogP contribution in [0.5, 0.6) is 0 Å². The van der Waals surface area contributed by atoms with Crippen molar-refractivity contribution >= 4 is 5.69 Å². The molecule has 0 unspecified atom stereocenters. The molecule has 1 aromatic heterocycles. The molecule has 17 heavy (non-hydrogen) atoms. The third-order valence-corrected chi connectivity index (χ3v) is 2.31. The summed E-state index contributed by atoms with van der Waals surface area (Å²) in [5, 5.41) is 19.5. The molecular formula is C11H8N4O2. The van der Waals surface area contributed by atoms with Gasteiger partial charge in [0.05, 0.1) is 16.9 Å². The van der Waals surface area contributed by atoms with E-state index in [1.807, 2.05) is 13.0 Å². The first-order chi connectivity index (χ1) is 8.11. The molecule has 84 valence electrons. The third kappa shape index (κ3) is 1.99. The number of nitro groups is 1. The van der Waals surface area contributed by atoms with Crippen LogP contribution in [0.1, 0.15) is 11.3 Å². The molecule has 0 aliphatic carbocycles. The molecule has 6 heteroatoms. The summed E-state index contributed by atoms with van der Waals surface area (Å²) in [7, 11) is 0. The zero-order chi connectivity index (χ0) is 12.4. The number of nitriles is 1. The Morgan fingerprint density at radius 1 is 1.53 bits per heavy atom. The Bertz CT molecular complexity index is 625. The van der Waals surface area contributed by atoms with Crippen molar-refractivity contribution in [2.45, 2.75) is 6.92 Å². The van der Waals surface area contributed by atoms with E-state index in [2.05, 4.69) is 4.98 Å². The summed E-state index contributed by atoms with van der Waals surface area (Å²) < 4.78 is 1.71. The Labute approximate surface area is 96.9 Å². The van der Waals surface area contributed by atoms with Gasteiger partial charge in [-0.05, 0) is 19.1 Å². The maximum Gasteiger partial charge on any atom is 0.287 e. The zero-order valence-corrected chi connectivity index (χ0v) is 8.99. The van der Waals surface area contributed by atoms with Crippen LogP contribution in [0.25, 0.3) is 5.69 Å². The van der Waals surface area contributed by atoms with Gasteiger partial charge in [-0.3, -0.25) is 10.1 Å². The Morgan fingerprint density at radius 2 is 2.29 bits per heavy atom. The number of nitro benzene ring substituents is 1. The molecule has 0 aliphatic rings. The van der Waals surface area contributed by atoms with Crippen LogP contribution in [0.4, 0.5) is 5.69 Å². The highest BCUT2D eigenvalue weighted by Gasteiger charge is 2.14. The van der Waals surface area contributed by atoms with Crippen molar-refractivity contribution in [2.24, 2.45) is 0 Å². The van der Waals surface area contributed by atoms with Crippen molar-refractivity contribution in [2.75, 3.05) is 0 Å². The highest BCUT2D eigenvalue weighted by Crippen LogP contribution is 2.21. The molecule has 0 saturated heterocycles. The van der Waals surface area contributed by atoms with Crippen LogP contribution in [0.2, 0.25) is 0 Å². The minimum atomic E-state index is -0.568. The number of benzene rings is 1. The fourth-order valence-corrected chi connectivity index (χ4v) is 1.50. The average Bonchev–Trinajstić information content (AvgIpc) is 2.75. The Balaban J connectivity index is 2.53. The van der Waals surface area contributed by atoms with E-state index in [-0.39, 0.29) is 11.3 Å². The van der Waals surface area contributed by atoms with Crippen molar-refractivity contribution in [3.8, 4) is 11.8 Å². The van der Waals surface area contributed by atoms with Gasteiger partial charge in [0, 0.05) is 18.0 Å². The fourth-order valence-electron chi connectivity index (χ4n) is 1.50. The summed E-state index contributed by atoms with van der Waals surface area (Å²) in [6.45, 7) is 1.84. The van der Waals surface area contributed by atoms with Gasteiger partial charge in [-0.1, -0.05) is 0 Å². The van der Waals surface area contributed by atoms with Gasteiger partial charge in [0.25, 0.3) is 5.69 Å². The molecule has 0 saturated carbocycles. The second-order valence-electron chi connectivity index (χ2n) is 3.49. The average molecular weight is 228 g/mol. The molecular weight excluding hydrogens is 220 g/mol. The van der Waals surface area contributed by atoms with Crippen LogP contribution in [-0.2, 0) is 0 Å². The van der Waals surface area contributed by atoms with Gasteiger partial charge in [-0.25, -0.2) is 4.98 Å². The Kier molecular flexibility index (Phi) is 2.58. The standard InChI is InChI=1S/C11H8N4O2/c1-8-6-14(7-13-8)10-2-3-11(15(16)17)9(4-10)5-12/h2-4,6-7H,1H3. The summed E-state index contributed by atoms with van der Waals surface area (Å²) in [5.74, 6) is 0. The Morgan fingerprint density at radius 3 is 2.82 bits per heavy atom. The second-order valence-corrected chi connectivity index (χ2v) is 3.49. The van der Waals surface area contributed by atoms with Crippen LogP contribution >= 0.6 is 0 Å². The van der Waals surface area contributed by atoms with Crippen LogP contribution in [0, 0.1) is 28.4 Å². The van der Waals surface area contributed by atoms with Crippen LogP contribution in [0.3, 0.4) is 0 Å². The summed E-state index contributed by atoms with van der Waals surface area (Å²) in [4.78, 5) is 14.2. The molecule has 0 spiro atoms. The van der Waals surface area contributed by atoms with E-state index in [0.29, 0.717) is 5.69 Å². The molecule has 0 atom stereocenters. The number of hydrogen-bond acceptors (Lipinski definition) is 4. The number of hydrogen-bond donors (Lipinski definition) is 0. The Hall–Kier alpha value is -2.68. The predicted molar refractivity (Wildman–Crippen MR) is 59.7 cm³/mol. The van der Waals surface area contributed by atoms with Crippen LogP contribution < -0.4 is 0 Å². The number of nitrogens with zero attached hydrogens (tertiary/aromatic N) is 4. The summed E-state index contributed by atoms with van der Waals surface area (Å²) >= 11 is 0. The lowest BCUT2D eigenvalue weighted by Crippen LogP contribution is -1.96. The first-order valence-corrected chi connectivity index (χ1v) is 4.81. The van der Waals surface area contributed by atoms with E-state index in [1.54, 1.807) is 23.2 Å². The quantitative estimate of drug-likeness (QED) is 0.580. The van der Waals surface area contributed by atoms with Gasteiger partial charge < -0.3 is 4.57 Å². The van der Waals surface area contributed by atoms with Crippen molar-refractivity contribution in [1.82, 2.24) is 9.55 Å². The molecule has 0 radical (unpaired) electrons.